The number of imidazole rings is 1. The van der Waals surface area contributed by atoms with E-state index in [1.165, 1.54) is 10.8 Å². The molecule has 28 heavy (non-hydrogen) atoms. The van der Waals surface area contributed by atoms with Gasteiger partial charge >= 0.3 is 17.9 Å². The summed E-state index contributed by atoms with van der Waals surface area (Å²) >= 11 is 0. The van der Waals surface area contributed by atoms with Gasteiger partial charge in [0.1, 0.15) is 12.4 Å². The van der Waals surface area contributed by atoms with Crippen LogP contribution in [0.5, 0.6) is 0 Å². The highest BCUT2D eigenvalue weighted by atomic mass is 16.6. The molecule has 2 N–H and O–H groups in total. The zero-order chi connectivity index (χ0) is 20.5. The maximum absolute atomic E-state index is 11.1. The number of hydrogen-bond acceptors (Lipinski definition) is 8. The first kappa shape index (κ1) is 21.7. The molecule has 0 aliphatic carbocycles. The molecule has 0 unspecified atom stereocenters. The lowest BCUT2D eigenvalue weighted by Gasteiger charge is -2.24. The summed E-state index contributed by atoms with van der Waals surface area (Å²) in [4.78, 5) is 42.0. The highest BCUT2D eigenvalue weighted by molar-refractivity contribution is 5.69. The molecule has 156 valence electrons. The number of carboxylic acid groups (broad SMARTS) is 2. The van der Waals surface area contributed by atoms with E-state index in [0.29, 0.717) is 58.8 Å². The van der Waals surface area contributed by atoms with Crippen LogP contribution in [0.3, 0.4) is 0 Å². The number of aliphatic carboxylic acids is 2. The second kappa shape index (κ2) is 10.7. The van der Waals surface area contributed by atoms with Crippen molar-refractivity contribution in [1.29, 1.82) is 0 Å². The van der Waals surface area contributed by atoms with E-state index in [9.17, 15) is 19.7 Å². The number of rotatable bonds is 9. The van der Waals surface area contributed by atoms with Crippen LogP contribution in [-0.2, 0) is 16.1 Å². The third kappa shape index (κ3) is 7.21. The third-order valence-electron chi connectivity index (χ3n) is 4.65. The Labute approximate surface area is 162 Å². The Kier molecular flexibility index (Phi) is 8.29. The quantitative estimate of drug-likeness (QED) is 0.403. The van der Waals surface area contributed by atoms with Crippen LogP contribution in [0.2, 0.25) is 0 Å². The van der Waals surface area contributed by atoms with E-state index in [2.05, 4.69) is 9.88 Å². The van der Waals surface area contributed by atoms with Crippen LogP contribution in [0.25, 0.3) is 0 Å². The lowest BCUT2D eigenvalue weighted by Crippen LogP contribution is -2.40. The van der Waals surface area contributed by atoms with Gasteiger partial charge in [-0.3, -0.25) is 19.4 Å². The second-order valence-corrected chi connectivity index (χ2v) is 6.71. The number of nitrogens with zero attached hydrogens (tertiary/aromatic N) is 6. The highest BCUT2D eigenvalue weighted by Gasteiger charge is 2.20. The minimum atomic E-state index is -0.914. The van der Waals surface area contributed by atoms with Crippen LogP contribution in [0.4, 0.5) is 5.95 Å². The first-order valence-electron chi connectivity index (χ1n) is 9.11. The van der Waals surface area contributed by atoms with Gasteiger partial charge in [0, 0.05) is 45.8 Å². The minimum Gasteiger partial charge on any atom is -0.480 e. The van der Waals surface area contributed by atoms with Crippen LogP contribution in [0.1, 0.15) is 6.42 Å². The maximum Gasteiger partial charge on any atom is 0.434 e. The molecule has 1 aliphatic heterocycles. The molecule has 0 bridgehead atoms. The van der Waals surface area contributed by atoms with Crippen molar-refractivity contribution in [1.82, 2.24) is 24.3 Å². The van der Waals surface area contributed by atoms with E-state index in [0.717, 1.165) is 0 Å². The zero-order valence-corrected chi connectivity index (χ0v) is 15.6. The van der Waals surface area contributed by atoms with Gasteiger partial charge in [-0.1, -0.05) is 4.98 Å². The lowest BCUT2D eigenvalue weighted by atomic mass is 10.3. The van der Waals surface area contributed by atoms with Gasteiger partial charge in [0.2, 0.25) is 0 Å². The normalized spacial score (nSPS) is 17.6. The van der Waals surface area contributed by atoms with E-state index >= 15 is 0 Å². The summed E-state index contributed by atoms with van der Waals surface area (Å²) in [5, 5.41) is 29.1. The third-order valence-corrected chi connectivity index (χ3v) is 4.65. The molecule has 0 aromatic carbocycles. The first-order valence-corrected chi connectivity index (χ1v) is 9.11. The molecule has 1 aliphatic rings. The maximum atomic E-state index is 11.1. The zero-order valence-electron chi connectivity index (χ0n) is 15.6. The Hall–Kier alpha value is -2.57. The summed E-state index contributed by atoms with van der Waals surface area (Å²) in [5.41, 5.74) is 0. The van der Waals surface area contributed by atoms with Crippen molar-refractivity contribution >= 4 is 17.9 Å². The molecule has 1 saturated heterocycles. The topological polar surface area (TPSA) is 145 Å². The molecule has 0 spiro atoms. The summed E-state index contributed by atoms with van der Waals surface area (Å²) in [7, 11) is 0. The average molecular weight is 398 g/mol. The number of carbonyl (C=O) groups is 2. The van der Waals surface area contributed by atoms with E-state index in [4.69, 9.17) is 10.2 Å². The van der Waals surface area contributed by atoms with Crippen molar-refractivity contribution in [2.24, 2.45) is 0 Å². The van der Waals surface area contributed by atoms with Crippen molar-refractivity contribution in [3.05, 3.63) is 22.5 Å². The second-order valence-electron chi connectivity index (χ2n) is 6.71. The van der Waals surface area contributed by atoms with Gasteiger partial charge in [0.05, 0.1) is 19.6 Å². The number of aromatic nitrogens is 2. The fourth-order valence-corrected chi connectivity index (χ4v) is 3.22. The van der Waals surface area contributed by atoms with Crippen LogP contribution < -0.4 is 0 Å². The summed E-state index contributed by atoms with van der Waals surface area (Å²) in [6.45, 7) is 4.37. The average Bonchev–Trinajstić information content (AvgIpc) is 3.09. The summed E-state index contributed by atoms with van der Waals surface area (Å²) in [6, 6.07) is 0. The standard InChI is InChI=1S/C16H26N6O6/c23-14(24)12-19-8-6-18(7-9-20(11-10-19)13-15(25)26)3-1-4-21-5-2-17-16(21)22(27)28/h2,5H,1,3-4,6-13H2,(H,23,24)(H,25,26). The molecule has 0 atom stereocenters. The molecule has 2 heterocycles. The predicted octanol–water partition coefficient (Wildman–Crippen LogP) is -0.730. The SMILES string of the molecule is O=C(O)CN1CCN(CCCn2ccnc2[N+](=O)[O-])CCN(CC(=O)O)CC1. The summed E-state index contributed by atoms with van der Waals surface area (Å²) in [5.74, 6) is -2.02. The van der Waals surface area contributed by atoms with E-state index in [1.807, 2.05) is 0 Å². The molecule has 0 radical (unpaired) electrons. The number of aryl methyl sites for hydroxylation is 1. The molecule has 0 saturated carbocycles. The van der Waals surface area contributed by atoms with Crippen LogP contribution in [0.15, 0.2) is 12.4 Å². The minimum absolute atomic E-state index is 0.0873. The Morgan fingerprint density at radius 3 is 1.93 bits per heavy atom. The van der Waals surface area contributed by atoms with Gasteiger partial charge in [-0.25, -0.2) is 4.57 Å². The molecule has 12 nitrogen and oxygen atoms in total. The van der Waals surface area contributed by atoms with Crippen LogP contribution >= 0.6 is 0 Å². The Bertz CT molecular complexity index is 652. The van der Waals surface area contributed by atoms with Crippen LogP contribution in [-0.4, -0.2) is 110 Å². The first-order chi connectivity index (χ1) is 13.3. The number of nitro groups is 1. The van der Waals surface area contributed by atoms with Gasteiger partial charge in [-0.15, -0.1) is 0 Å². The molecule has 12 heteroatoms. The van der Waals surface area contributed by atoms with Gasteiger partial charge < -0.3 is 25.2 Å². The molecule has 0 amide bonds. The molecular weight excluding hydrogens is 372 g/mol. The highest BCUT2D eigenvalue weighted by Crippen LogP contribution is 2.09. The number of carboxylic acids is 2. The fraction of sp³-hybridized carbons (Fsp3) is 0.688. The van der Waals surface area contributed by atoms with Crippen molar-refractivity contribution in [2.75, 3.05) is 58.9 Å². The van der Waals surface area contributed by atoms with Crippen LogP contribution in [0, 0.1) is 10.1 Å². The Morgan fingerprint density at radius 2 is 1.46 bits per heavy atom. The molecule has 1 aromatic heterocycles. The number of hydrogen-bond donors (Lipinski definition) is 2. The monoisotopic (exact) mass is 398 g/mol. The van der Waals surface area contributed by atoms with E-state index in [1.54, 1.807) is 16.0 Å². The van der Waals surface area contributed by atoms with Crippen molar-refractivity contribution in [3.63, 3.8) is 0 Å². The summed E-state index contributed by atoms with van der Waals surface area (Å²) in [6.07, 6.45) is 3.63. The molecule has 1 fully saturated rings. The van der Waals surface area contributed by atoms with E-state index in [-0.39, 0.29) is 19.0 Å². The predicted molar refractivity (Wildman–Crippen MR) is 98.1 cm³/mol. The Morgan fingerprint density at radius 1 is 0.964 bits per heavy atom. The van der Waals surface area contributed by atoms with Crippen molar-refractivity contribution in [3.8, 4) is 0 Å². The van der Waals surface area contributed by atoms with Gasteiger partial charge in [0.15, 0.2) is 0 Å². The van der Waals surface area contributed by atoms with Gasteiger partial charge in [-0.05, 0) is 11.3 Å². The smallest absolute Gasteiger partial charge is 0.434 e. The molecule has 1 aromatic rings. The lowest BCUT2D eigenvalue weighted by molar-refractivity contribution is -0.396. The van der Waals surface area contributed by atoms with Crippen molar-refractivity contribution < 1.29 is 24.7 Å². The molecule has 2 rings (SSSR count). The van der Waals surface area contributed by atoms with E-state index < -0.39 is 16.9 Å². The van der Waals surface area contributed by atoms with Gasteiger partial charge in [-0.2, -0.15) is 0 Å². The fourth-order valence-electron chi connectivity index (χ4n) is 3.22. The Balaban J connectivity index is 1.93. The van der Waals surface area contributed by atoms with Crippen molar-refractivity contribution in [2.45, 2.75) is 13.0 Å². The summed E-state index contributed by atoms with van der Waals surface area (Å²) < 4.78 is 1.49. The van der Waals surface area contributed by atoms with Gasteiger partial charge in [0.25, 0.3) is 0 Å². The largest absolute Gasteiger partial charge is 0.480 e. The molecular formula is C16H26N6O6.